The average Bonchev–Trinajstić information content (AvgIpc) is 3.48. The number of aromatic nitrogens is 1. The Morgan fingerprint density at radius 1 is 0.429 bits per heavy atom. The van der Waals surface area contributed by atoms with Crippen LogP contribution in [0, 0.1) is 20.8 Å². The van der Waals surface area contributed by atoms with E-state index < -0.39 is 0 Å². The highest BCUT2D eigenvalue weighted by atomic mass is 15.0. The number of aryl methyl sites for hydroxylation is 3. The van der Waals surface area contributed by atoms with Crippen LogP contribution in [0.5, 0.6) is 0 Å². The van der Waals surface area contributed by atoms with Gasteiger partial charge >= 0.3 is 0 Å². The van der Waals surface area contributed by atoms with Gasteiger partial charge in [0.05, 0.1) is 5.52 Å². The normalized spacial score (nSPS) is 11.7. The molecule has 0 unspecified atom stereocenters. The molecule has 0 bridgehead atoms. The molecule has 9 rings (SSSR count). The highest BCUT2D eigenvalue weighted by Crippen LogP contribution is 2.38. The molecule has 0 saturated heterocycles. The van der Waals surface area contributed by atoms with Crippen LogP contribution in [0.2, 0.25) is 0 Å². The molecule has 0 aliphatic carbocycles. The topological polar surface area (TPSA) is 4.93 Å². The SMILES string of the molecule is CC.Cc1cc(C)c(B2c3cc(-c4ccccc4)ccc3-n3c4ccc(-c5ccccc5)cc4c4cc(-c5ccccc5)cc2c43)c(C)c1. The summed E-state index contributed by atoms with van der Waals surface area (Å²) in [6.07, 6.45) is 0. The molecule has 0 radical (unpaired) electrons. The van der Waals surface area contributed by atoms with Gasteiger partial charge in [-0.25, -0.2) is 0 Å². The molecule has 236 valence electrons. The quantitative estimate of drug-likeness (QED) is 0.171. The maximum atomic E-state index is 2.54. The van der Waals surface area contributed by atoms with E-state index >= 15 is 0 Å². The van der Waals surface area contributed by atoms with Crippen LogP contribution in [0.4, 0.5) is 0 Å². The first-order chi connectivity index (χ1) is 24.0. The monoisotopic (exact) mass is 629 g/mol. The fraction of sp³-hybridized carbons (Fsp3) is 0.106. The third kappa shape index (κ3) is 5.11. The van der Waals surface area contributed by atoms with E-state index in [9.17, 15) is 0 Å². The van der Waals surface area contributed by atoms with Crippen molar-refractivity contribution in [3.05, 3.63) is 168 Å². The van der Waals surface area contributed by atoms with Gasteiger partial charge in [-0.05, 0) is 89.3 Å². The van der Waals surface area contributed by atoms with Crippen LogP contribution in [0.15, 0.2) is 152 Å². The Morgan fingerprint density at radius 3 is 1.51 bits per heavy atom. The molecular weight excluding hydrogens is 589 g/mol. The van der Waals surface area contributed by atoms with E-state index in [1.165, 1.54) is 94.0 Å². The number of fused-ring (bicyclic) bond motifs is 5. The average molecular weight is 630 g/mol. The fourth-order valence-electron chi connectivity index (χ4n) is 8.18. The fourth-order valence-corrected chi connectivity index (χ4v) is 8.18. The molecule has 0 saturated carbocycles. The van der Waals surface area contributed by atoms with Gasteiger partial charge in [0.15, 0.2) is 0 Å². The highest BCUT2D eigenvalue weighted by Gasteiger charge is 2.36. The van der Waals surface area contributed by atoms with E-state index in [2.05, 4.69) is 177 Å². The van der Waals surface area contributed by atoms with Gasteiger partial charge in [-0.3, -0.25) is 0 Å². The largest absolute Gasteiger partial charge is 0.310 e. The van der Waals surface area contributed by atoms with Gasteiger partial charge < -0.3 is 4.57 Å². The molecule has 0 atom stereocenters. The zero-order chi connectivity index (χ0) is 33.6. The minimum Gasteiger partial charge on any atom is -0.310 e. The van der Waals surface area contributed by atoms with E-state index in [0.29, 0.717) is 0 Å². The van der Waals surface area contributed by atoms with E-state index in [1.54, 1.807) is 0 Å². The van der Waals surface area contributed by atoms with E-state index in [0.717, 1.165) is 0 Å². The van der Waals surface area contributed by atoms with Gasteiger partial charge in [0.1, 0.15) is 0 Å². The Kier molecular flexibility index (Phi) is 7.81. The van der Waals surface area contributed by atoms with Crippen LogP contribution in [0.1, 0.15) is 30.5 Å². The molecule has 2 heteroatoms. The predicted octanol–water partition coefficient (Wildman–Crippen LogP) is 10.6. The maximum Gasteiger partial charge on any atom is 0.247 e. The van der Waals surface area contributed by atoms with Crippen molar-refractivity contribution < 1.29 is 0 Å². The van der Waals surface area contributed by atoms with Gasteiger partial charge in [-0.1, -0.05) is 163 Å². The van der Waals surface area contributed by atoms with Crippen molar-refractivity contribution in [3.63, 3.8) is 0 Å². The standard InChI is InChI=1S/C45H34BN.C2H6/c1-29-23-30(2)44(31(3)24-29)46-40-27-36(33-15-9-5-10-16-33)20-22-43(40)47-42-21-19-35(32-13-7-4-8-14-32)25-38(42)39-26-37(28-41(46)45(39)47)34-17-11-6-12-18-34;1-2/h4-28H,1-3H3;1-2H3. The van der Waals surface area contributed by atoms with E-state index in [1.807, 2.05) is 13.8 Å². The summed E-state index contributed by atoms with van der Waals surface area (Å²) in [4.78, 5) is 0. The first kappa shape index (κ1) is 30.7. The highest BCUT2D eigenvalue weighted by molar-refractivity contribution is 6.98. The van der Waals surface area contributed by atoms with Gasteiger partial charge in [0, 0.05) is 22.0 Å². The predicted molar refractivity (Wildman–Crippen MR) is 214 cm³/mol. The summed E-state index contributed by atoms with van der Waals surface area (Å²) in [5.41, 5.74) is 19.4. The van der Waals surface area contributed by atoms with Gasteiger partial charge in [0.25, 0.3) is 0 Å². The Hall–Kier alpha value is -5.60. The van der Waals surface area contributed by atoms with Crippen molar-refractivity contribution in [1.29, 1.82) is 0 Å². The van der Waals surface area contributed by atoms with Crippen LogP contribution in [-0.2, 0) is 0 Å². The van der Waals surface area contributed by atoms with Crippen LogP contribution >= 0.6 is 0 Å². The number of hydrogen-bond donors (Lipinski definition) is 0. The van der Waals surface area contributed by atoms with Gasteiger partial charge in [-0.2, -0.15) is 0 Å². The van der Waals surface area contributed by atoms with Crippen molar-refractivity contribution in [1.82, 2.24) is 4.57 Å². The summed E-state index contributed by atoms with van der Waals surface area (Å²) in [5.74, 6) is 0. The number of rotatable bonds is 4. The second kappa shape index (κ2) is 12.5. The van der Waals surface area contributed by atoms with Crippen molar-refractivity contribution in [2.24, 2.45) is 0 Å². The third-order valence-electron chi connectivity index (χ3n) is 10.1. The molecule has 1 nitrogen and oxygen atoms in total. The lowest BCUT2D eigenvalue weighted by Crippen LogP contribution is -2.57. The molecule has 1 aromatic heterocycles. The van der Waals surface area contributed by atoms with Crippen LogP contribution < -0.4 is 16.4 Å². The molecule has 8 aromatic rings. The van der Waals surface area contributed by atoms with Crippen molar-refractivity contribution in [2.75, 3.05) is 0 Å². The lowest BCUT2D eigenvalue weighted by atomic mass is 9.34. The second-order valence-electron chi connectivity index (χ2n) is 13.1. The number of benzene rings is 7. The summed E-state index contributed by atoms with van der Waals surface area (Å²) in [7, 11) is 0. The maximum absolute atomic E-state index is 2.54. The molecule has 2 heterocycles. The molecule has 0 fully saturated rings. The summed E-state index contributed by atoms with van der Waals surface area (Å²) in [5, 5.41) is 2.59. The Balaban J connectivity index is 0.00000171. The molecule has 0 spiro atoms. The Labute approximate surface area is 290 Å². The van der Waals surface area contributed by atoms with Crippen LogP contribution in [0.3, 0.4) is 0 Å². The van der Waals surface area contributed by atoms with Gasteiger partial charge in [0.2, 0.25) is 6.71 Å². The summed E-state index contributed by atoms with van der Waals surface area (Å²) in [6, 6.07) is 56.2. The van der Waals surface area contributed by atoms with Crippen molar-refractivity contribution in [3.8, 4) is 39.1 Å². The molecule has 7 aromatic carbocycles. The lowest BCUT2D eigenvalue weighted by Gasteiger charge is -2.30. The second-order valence-corrected chi connectivity index (χ2v) is 13.1. The van der Waals surface area contributed by atoms with E-state index in [-0.39, 0.29) is 6.71 Å². The lowest BCUT2D eigenvalue weighted by molar-refractivity contribution is 1.19. The molecular formula is C47H40BN. The summed E-state index contributed by atoms with van der Waals surface area (Å²) >= 11 is 0. The zero-order valence-electron chi connectivity index (χ0n) is 29.0. The molecule has 49 heavy (non-hydrogen) atoms. The minimum absolute atomic E-state index is 0.0887. The van der Waals surface area contributed by atoms with Crippen LogP contribution in [0.25, 0.3) is 60.9 Å². The summed E-state index contributed by atoms with van der Waals surface area (Å²) < 4.78 is 2.54. The first-order valence-electron chi connectivity index (χ1n) is 17.6. The van der Waals surface area contributed by atoms with Crippen molar-refractivity contribution in [2.45, 2.75) is 34.6 Å². The third-order valence-corrected chi connectivity index (χ3v) is 10.1. The molecule has 1 aliphatic heterocycles. The smallest absolute Gasteiger partial charge is 0.247 e. The zero-order valence-corrected chi connectivity index (χ0v) is 29.0. The van der Waals surface area contributed by atoms with Crippen molar-refractivity contribution >= 4 is 44.9 Å². The number of nitrogens with zero attached hydrogens (tertiary/aromatic N) is 1. The number of hydrogen-bond acceptors (Lipinski definition) is 0. The van der Waals surface area contributed by atoms with Gasteiger partial charge in [-0.15, -0.1) is 0 Å². The minimum atomic E-state index is 0.0887. The Bertz CT molecular complexity index is 2450. The van der Waals surface area contributed by atoms with Crippen LogP contribution in [-0.4, -0.2) is 11.3 Å². The Morgan fingerprint density at radius 2 is 0.918 bits per heavy atom. The molecule has 0 N–H and O–H groups in total. The van der Waals surface area contributed by atoms with E-state index in [4.69, 9.17) is 0 Å². The molecule has 1 aliphatic rings. The summed E-state index contributed by atoms with van der Waals surface area (Å²) in [6.45, 7) is 10.9. The first-order valence-corrected chi connectivity index (χ1v) is 17.6. The molecule has 0 amide bonds.